The Morgan fingerprint density at radius 1 is 1.18 bits per heavy atom. The number of anilines is 2. The number of hydrogen-bond acceptors (Lipinski definition) is 6. The zero-order chi connectivity index (χ0) is 12.1. The van der Waals surface area contributed by atoms with Crippen LogP contribution in [0.5, 0.6) is 5.88 Å². The molecule has 6 nitrogen and oxygen atoms in total. The first-order valence-corrected chi connectivity index (χ1v) is 6.06. The normalized spacial score (nSPS) is 17.5. The molecule has 1 aliphatic rings. The van der Waals surface area contributed by atoms with Gasteiger partial charge < -0.3 is 15.9 Å². The minimum Gasteiger partial charge on any atom is -0.474 e. The molecule has 0 aromatic carbocycles. The van der Waals surface area contributed by atoms with Crippen molar-refractivity contribution in [2.45, 2.75) is 44.6 Å². The van der Waals surface area contributed by atoms with Crippen LogP contribution in [0.15, 0.2) is 6.07 Å². The molecule has 0 atom stereocenters. The Kier molecular flexibility index (Phi) is 3.98. The van der Waals surface area contributed by atoms with Crippen LogP contribution < -0.4 is 21.7 Å². The van der Waals surface area contributed by atoms with Crippen molar-refractivity contribution in [2.75, 3.05) is 11.2 Å². The van der Waals surface area contributed by atoms with Crippen LogP contribution in [-0.2, 0) is 0 Å². The summed E-state index contributed by atoms with van der Waals surface area (Å²) in [6.45, 7) is 0. The molecule has 1 aromatic rings. The number of nitrogens with one attached hydrogen (secondary N) is 1. The van der Waals surface area contributed by atoms with E-state index < -0.39 is 0 Å². The summed E-state index contributed by atoms with van der Waals surface area (Å²) in [6, 6.07) is 1.67. The predicted octanol–water partition coefficient (Wildman–Crippen LogP) is 1.45. The van der Waals surface area contributed by atoms with Gasteiger partial charge in [0.05, 0.1) is 0 Å². The van der Waals surface area contributed by atoms with Crippen molar-refractivity contribution in [3.05, 3.63) is 6.07 Å². The van der Waals surface area contributed by atoms with Gasteiger partial charge in [0.15, 0.2) is 0 Å². The summed E-state index contributed by atoms with van der Waals surface area (Å²) >= 11 is 0. The van der Waals surface area contributed by atoms with Gasteiger partial charge in [0.2, 0.25) is 11.8 Å². The van der Waals surface area contributed by atoms with E-state index in [9.17, 15) is 0 Å². The van der Waals surface area contributed by atoms with Gasteiger partial charge in [0, 0.05) is 6.07 Å². The number of ether oxygens (including phenoxy) is 1. The molecule has 5 N–H and O–H groups in total. The molecule has 0 spiro atoms. The lowest BCUT2D eigenvalue weighted by atomic mass is 10.1. The van der Waals surface area contributed by atoms with Crippen LogP contribution in [0.1, 0.15) is 38.5 Å². The van der Waals surface area contributed by atoms with E-state index in [2.05, 4.69) is 15.4 Å². The second-order valence-corrected chi connectivity index (χ2v) is 4.33. The van der Waals surface area contributed by atoms with Gasteiger partial charge in [-0.2, -0.15) is 9.97 Å². The SMILES string of the molecule is NNc1cc(OC2CCCCCC2)nc(N)n1. The Labute approximate surface area is 101 Å². The number of nitrogens with zero attached hydrogens (tertiary/aromatic N) is 2. The van der Waals surface area contributed by atoms with Crippen molar-refractivity contribution in [1.29, 1.82) is 0 Å². The molecule has 0 amide bonds. The Morgan fingerprint density at radius 2 is 1.88 bits per heavy atom. The van der Waals surface area contributed by atoms with Crippen LogP contribution in [0.25, 0.3) is 0 Å². The van der Waals surface area contributed by atoms with E-state index in [1.165, 1.54) is 25.7 Å². The number of nitrogens with two attached hydrogens (primary N) is 2. The molecule has 6 heteroatoms. The van der Waals surface area contributed by atoms with Crippen LogP contribution in [0.3, 0.4) is 0 Å². The van der Waals surface area contributed by atoms with E-state index in [1.807, 2.05) is 0 Å². The fraction of sp³-hybridized carbons (Fsp3) is 0.636. The molecule has 1 aromatic heterocycles. The van der Waals surface area contributed by atoms with Crippen molar-refractivity contribution in [2.24, 2.45) is 5.84 Å². The zero-order valence-corrected chi connectivity index (χ0v) is 9.85. The van der Waals surface area contributed by atoms with Gasteiger partial charge in [-0.25, -0.2) is 5.84 Å². The summed E-state index contributed by atoms with van der Waals surface area (Å²) < 4.78 is 5.83. The maximum absolute atomic E-state index is 5.83. The number of nitrogen functional groups attached to an aromatic ring is 2. The molecular formula is C11H19N5O. The van der Waals surface area contributed by atoms with Crippen molar-refractivity contribution in [3.63, 3.8) is 0 Å². The van der Waals surface area contributed by atoms with Gasteiger partial charge >= 0.3 is 0 Å². The van der Waals surface area contributed by atoms with Gasteiger partial charge in [-0.05, 0) is 25.7 Å². The largest absolute Gasteiger partial charge is 0.474 e. The van der Waals surface area contributed by atoms with Crippen LogP contribution in [-0.4, -0.2) is 16.1 Å². The molecule has 0 aliphatic heterocycles. The van der Waals surface area contributed by atoms with E-state index in [0.29, 0.717) is 11.7 Å². The summed E-state index contributed by atoms with van der Waals surface area (Å²) in [4.78, 5) is 7.97. The van der Waals surface area contributed by atoms with Crippen molar-refractivity contribution < 1.29 is 4.74 Å². The smallest absolute Gasteiger partial charge is 0.225 e. The van der Waals surface area contributed by atoms with Gasteiger partial charge in [0.25, 0.3) is 0 Å². The number of rotatable bonds is 3. The summed E-state index contributed by atoms with van der Waals surface area (Å²) in [7, 11) is 0. The highest BCUT2D eigenvalue weighted by Crippen LogP contribution is 2.23. The van der Waals surface area contributed by atoms with Crippen LogP contribution in [0.4, 0.5) is 11.8 Å². The molecule has 0 saturated heterocycles. The molecule has 94 valence electrons. The highest BCUT2D eigenvalue weighted by molar-refractivity contribution is 5.41. The van der Waals surface area contributed by atoms with Crippen molar-refractivity contribution in [3.8, 4) is 5.88 Å². The van der Waals surface area contributed by atoms with E-state index in [-0.39, 0.29) is 12.1 Å². The lowest BCUT2D eigenvalue weighted by molar-refractivity contribution is 0.176. The monoisotopic (exact) mass is 237 g/mol. The maximum Gasteiger partial charge on any atom is 0.225 e. The van der Waals surface area contributed by atoms with E-state index >= 15 is 0 Å². The van der Waals surface area contributed by atoms with E-state index in [1.54, 1.807) is 6.07 Å². The second-order valence-electron chi connectivity index (χ2n) is 4.33. The fourth-order valence-electron chi connectivity index (χ4n) is 2.11. The molecule has 17 heavy (non-hydrogen) atoms. The first kappa shape index (κ1) is 11.9. The number of hydrazine groups is 1. The summed E-state index contributed by atoms with van der Waals surface area (Å²) in [5.41, 5.74) is 8.02. The third-order valence-electron chi connectivity index (χ3n) is 2.96. The van der Waals surface area contributed by atoms with Crippen LogP contribution in [0, 0.1) is 0 Å². The molecule has 1 saturated carbocycles. The van der Waals surface area contributed by atoms with Gasteiger partial charge in [0.1, 0.15) is 11.9 Å². The third kappa shape index (κ3) is 3.45. The average molecular weight is 237 g/mol. The maximum atomic E-state index is 5.83. The number of aromatic nitrogens is 2. The molecule has 2 rings (SSSR count). The molecule has 1 heterocycles. The minimum atomic E-state index is 0.170. The number of hydrogen-bond donors (Lipinski definition) is 3. The zero-order valence-electron chi connectivity index (χ0n) is 9.85. The van der Waals surface area contributed by atoms with Gasteiger partial charge in [-0.1, -0.05) is 12.8 Å². The first-order chi connectivity index (χ1) is 8.28. The highest BCUT2D eigenvalue weighted by Gasteiger charge is 2.15. The molecule has 1 aliphatic carbocycles. The van der Waals surface area contributed by atoms with Crippen LogP contribution in [0.2, 0.25) is 0 Å². The molecule has 0 unspecified atom stereocenters. The molecular weight excluding hydrogens is 218 g/mol. The first-order valence-electron chi connectivity index (χ1n) is 6.06. The van der Waals surface area contributed by atoms with Gasteiger partial charge in [-0.3, -0.25) is 0 Å². The Balaban J connectivity index is 2.03. The average Bonchev–Trinajstić information content (AvgIpc) is 2.57. The Hall–Kier alpha value is -1.56. The lowest BCUT2D eigenvalue weighted by Crippen LogP contribution is -2.17. The minimum absolute atomic E-state index is 0.170. The fourth-order valence-corrected chi connectivity index (χ4v) is 2.11. The topological polar surface area (TPSA) is 99.1 Å². The van der Waals surface area contributed by atoms with E-state index in [0.717, 1.165) is 12.8 Å². The van der Waals surface area contributed by atoms with Crippen LogP contribution >= 0.6 is 0 Å². The predicted molar refractivity (Wildman–Crippen MR) is 66.4 cm³/mol. The summed E-state index contributed by atoms with van der Waals surface area (Å²) in [5.74, 6) is 6.44. The Bertz CT molecular complexity index is 363. The van der Waals surface area contributed by atoms with Crippen molar-refractivity contribution >= 4 is 11.8 Å². The molecule has 1 fully saturated rings. The summed E-state index contributed by atoms with van der Waals surface area (Å²) in [6.07, 6.45) is 7.41. The quantitative estimate of drug-likeness (QED) is 0.418. The molecule has 0 bridgehead atoms. The lowest BCUT2D eigenvalue weighted by Gasteiger charge is -2.16. The van der Waals surface area contributed by atoms with E-state index in [4.69, 9.17) is 16.3 Å². The second kappa shape index (κ2) is 5.67. The Morgan fingerprint density at radius 3 is 2.53 bits per heavy atom. The summed E-state index contributed by atoms with van der Waals surface area (Å²) in [5, 5.41) is 0. The van der Waals surface area contributed by atoms with Crippen molar-refractivity contribution in [1.82, 2.24) is 9.97 Å². The third-order valence-corrected chi connectivity index (χ3v) is 2.96. The standard InChI is InChI=1S/C11H19N5O/c12-11-14-9(16-13)7-10(15-11)17-8-5-3-1-2-4-6-8/h7-8H,1-6,13H2,(H3,12,14,15,16). The highest BCUT2D eigenvalue weighted by atomic mass is 16.5. The van der Waals surface area contributed by atoms with Gasteiger partial charge in [-0.15, -0.1) is 0 Å². The molecule has 0 radical (unpaired) electrons.